The maximum atomic E-state index is 13.5. The molecule has 3 aromatic rings. The maximum Gasteiger partial charge on any atom is 0.123 e. The molecule has 6 heteroatoms. The van der Waals surface area contributed by atoms with E-state index in [-0.39, 0.29) is 23.9 Å². The number of nitrogens with zero attached hydrogens (tertiary/aromatic N) is 3. The molecule has 0 aliphatic carbocycles. The fourth-order valence-corrected chi connectivity index (χ4v) is 5.91. The molecule has 0 radical (unpaired) electrons. The number of fused-ring (bicyclic) bond motifs is 4. The monoisotopic (exact) mass is 437 g/mol. The van der Waals surface area contributed by atoms with Crippen molar-refractivity contribution >= 4 is 10.9 Å². The smallest absolute Gasteiger partial charge is 0.123 e. The van der Waals surface area contributed by atoms with Crippen LogP contribution in [0.1, 0.15) is 35.7 Å². The van der Waals surface area contributed by atoms with Gasteiger partial charge in [-0.1, -0.05) is 12.1 Å². The second kappa shape index (κ2) is 8.18. The van der Waals surface area contributed by atoms with Gasteiger partial charge in [0.1, 0.15) is 11.6 Å². The van der Waals surface area contributed by atoms with Gasteiger partial charge in [-0.15, -0.1) is 0 Å². The van der Waals surface area contributed by atoms with Crippen LogP contribution in [-0.4, -0.2) is 59.9 Å². The first-order valence-electron chi connectivity index (χ1n) is 11.4. The topological polar surface area (TPSA) is 40.9 Å². The van der Waals surface area contributed by atoms with Crippen LogP contribution in [0.5, 0.6) is 5.75 Å². The fourth-order valence-electron chi connectivity index (χ4n) is 5.91. The Hall–Kier alpha value is -2.41. The largest absolute Gasteiger partial charge is 0.497 e. The molecule has 1 spiro atoms. The van der Waals surface area contributed by atoms with Gasteiger partial charge < -0.3 is 19.3 Å². The number of likely N-dealkylation sites (tertiary alicyclic amines) is 1. The molecule has 2 aliphatic heterocycles. The van der Waals surface area contributed by atoms with Crippen molar-refractivity contribution in [3.63, 3.8) is 0 Å². The van der Waals surface area contributed by atoms with E-state index in [9.17, 15) is 9.50 Å². The maximum absolute atomic E-state index is 13.5. The number of ether oxygens (including phenoxy) is 1. The van der Waals surface area contributed by atoms with Gasteiger partial charge in [0.15, 0.2) is 0 Å². The number of aliphatic hydroxyl groups excluding tert-OH is 1. The fraction of sp³-hybridized carbons (Fsp3) is 0.462. The Morgan fingerprint density at radius 1 is 1.09 bits per heavy atom. The number of aryl methyl sites for hydroxylation is 1. The summed E-state index contributed by atoms with van der Waals surface area (Å²) in [5.41, 5.74) is 4.85. The van der Waals surface area contributed by atoms with Crippen LogP contribution >= 0.6 is 0 Å². The summed E-state index contributed by atoms with van der Waals surface area (Å²) in [5.74, 6) is 0.624. The molecule has 5 nitrogen and oxygen atoms in total. The van der Waals surface area contributed by atoms with Crippen molar-refractivity contribution in [3.05, 3.63) is 65.1 Å². The zero-order valence-electron chi connectivity index (χ0n) is 19.1. The van der Waals surface area contributed by atoms with E-state index >= 15 is 0 Å². The molecule has 1 fully saturated rings. The number of hydrogen-bond donors (Lipinski definition) is 1. The van der Waals surface area contributed by atoms with Crippen LogP contribution in [-0.2, 0) is 19.0 Å². The van der Waals surface area contributed by atoms with Crippen molar-refractivity contribution in [2.24, 2.45) is 7.05 Å². The summed E-state index contributed by atoms with van der Waals surface area (Å²) in [7, 11) is 5.99. The highest BCUT2D eigenvalue weighted by Crippen LogP contribution is 2.50. The van der Waals surface area contributed by atoms with Crippen LogP contribution in [0.15, 0.2) is 42.5 Å². The van der Waals surface area contributed by atoms with Crippen LogP contribution in [0.2, 0.25) is 0 Å². The number of halogens is 1. The number of rotatable bonds is 4. The molecule has 1 N–H and O–H groups in total. The lowest BCUT2D eigenvalue weighted by molar-refractivity contribution is 0.0456. The lowest BCUT2D eigenvalue weighted by atomic mass is 9.68. The Bertz CT molecular complexity index is 1120. The summed E-state index contributed by atoms with van der Waals surface area (Å²) in [5, 5.41) is 11.8. The zero-order valence-corrected chi connectivity index (χ0v) is 19.1. The average molecular weight is 438 g/mol. The summed E-state index contributed by atoms with van der Waals surface area (Å²) in [6.07, 6.45) is 2.17. The van der Waals surface area contributed by atoms with Crippen LogP contribution < -0.4 is 4.74 Å². The minimum Gasteiger partial charge on any atom is -0.497 e. The van der Waals surface area contributed by atoms with E-state index in [2.05, 4.69) is 40.6 Å². The van der Waals surface area contributed by atoms with E-state index < -0.39 is 0 Å². The van der Waals surface area contributed by atoms with Gasteiger partial charge in [-0.05, 0) is 68.4 Å². The first kappa shape index (κ1) is 21.4. The lowest BCUT2D eigenvalue weighted by Crippen LogP contribution is -2.53. The van der Waals surface area contributed by atoms with E-state index in [1.807, 2.05) is 18.2 Å². The van der Waals surface area contributed by atoms with Gasteiger partial charge in [-0.3, -0.25) is 4.90 Å². The molecular formula is C26H32FN3O2. The molecule has 0 bridgehead atoms. The Labute approximate surface area is 189 Å². The van der Waals surface area contributed by atoms with E-state index in [0.29, 0.717) is 6.54 Å². The van der Waals surface area contributed by atoms with E-state index in [1.165, 1.54) is 28.8 Å². The van der Waals surface area contributed by atoms with Crippen LogP contribution in [0, 0.1) is 5.82 Å². The van der Waals surface area contributed by atoms with E-state index in [0.717, 1.165) is 49.3 Å². The molecule has 2 aliphatic rings. The van der Waals surface area contributed by atoms with Crippen molar-refractivity contribution in [2.75, 3.05) is 40.4 Å². The second-order valence-electron chi connectivity index (χ2n) is 9.52. The van der Waals surface area contributed by atoms with Gasteiger partial charge in [-0.2, -0.15) is 0 Å². The van der Waals surface area contributed by atoms with Crippen LogP contribution in [0.3, 0.4) is 0 Å². The van der Waals surface area contributed by atoms with Gasteiger partial charge in [0.05, 0.1) is 25.3 Å². The Morgan fingerprint density at radius 3 is 2.47 bits per heavy atom. The Balaban J connectivity index is 1.67. The quantitative estimate of drug-likeness (QED) is 0.673. The third kappa shape index (κ3) is 3.41. The number of hydrogen-bond acceptors (Lipinski definition) is 4. The minimum atomic E-state index is -0.220. The van der Waals surface area contributed by atoms with Crippen LogP contribution in [0.25, 0.3) is 10.9 Å². The number of methoxy groups -OCH3 is 1. The summed E-state index contributed by atoms with van der Waals surface area (Å²) >= 11 is 0. The van der Waals surface area contributed by atoms with Gasteiger partial charge in [0.25, 0.3) is 0 Å². The molecule has 0 amide bonds. The Kier molecular flexibility index (Phi) is 5.48. The van der Waals surface area contributed by atoms with Gasteiger partial charge in [0.2, 0.25) is 0 Å². The van der Waals surface area contributed by atoms with Crippen molar-refractivity contribution in [2.45, 2.75) is 30.8 Å². The summed E-state index contributed by atoms with van der Waals surface area (Å²) < 4.78 is 21.3. The molecule has 0 saturated carbocycles. The van der Waals surface area contributed by atoms with E-state index in [4.69, 9.17) is 4.74 Å². The lowest BCUT2D eigenvalue weighted by Gasteiger charge is -2.50. The molecule has 0 unspecified atom stereocenters. The predicted molar refractivity (Wildman–Crippen MR) is 125 cm³/mol. The molecule has 5 rings (SSSR count). The standard InChI is InChI=1S/C26H32FN3O2/c1-28-12-10-26(11-13-28)17-30(15-18-4-6-19(27)7-5-18)23(16-31)25-24(26)21-9-8-20(32-3)14-22(21)29(25)2/h4-9,14,23,31H,10-13,15-17H2,1-3H3/t23-/m1/s1. The number of benzene rings is 2. The highest BCUT2D eigenvalue weighted by molar-refractivity contribution is 5.88. The highest BCUT2D eigenvalue weighted by atomic mass is 19.1. The van der Waals surface area contributed by atoms with Gasteiger partial charge in [0, 0.05) is 42.7 Å². The molecule has 3 heterocycles. The first-order valence-corrected chi connectivity index (χ1v) is 11.4. The molecular weight excluding hydrogens is 405 g/mol. The number of piperidine rings is 1. The van der Waals surface area contributed by atoms with Crippen LogP contribution in [0.4, 0.5) is 4.39 Å². The highest BCUT2D eigenvalue weighted by Gasteiger charge is 2.47. The average Bonchev–Trinajstić information content (AvgIpc) is 3.10. The SMILES string of the molecule is COc1ccc2c3c(n(C)c2c1)[C@@H](CO)N(Cc1ccc(F)cc1)CC31CCN(C)CC1. The normalized spacial score (nSPS) is 21.2. The van der Waals surface area contributed by atoms with Gasteiger partial charge >= 0.3 is 0 Å². The predicted octanol–water partition coefficient (Wildman–Crippen LogP) is 3.84. The molecule has 1 aromatic heterocycles. The van der Waals surface area contributed by atoms with Crippen molar-refractivity contribution in [1.29, 1.82) is 0 Å². The number of aromatic nitrogens is 1. The molecule has 1 saturated heterocycles. The zero-order chi connectivity index (χ0) is 22.5. The van der Waals surface area contributed by atoms with Crippen molar-refractivity contribution in [1.82, 2.24) is 14.4 Å². The van der Waals surface area contributed by atoms with E-state index in [1.54, 1.807) is 7.11 Å². The van der Waals surface area contributed by atoms with Crippen molar-refractivity contribution < 1.29 is 14.2 Å². The second-order valence-corrected chi connectivity index (χ2v) is 9.52. The van der Waals surface area contributed by atoms with Crippen molar-refractivity contribution in [3.8, 4) is 5.75 Å². The molecule has 170 valence electrons. The summed E-state index contributed by atoms with van der Waals surface area (Å²) in [6, 6.07) is 13.0. The molecule has 32 heavy (non-hydrogen) atoms. The summed E-state index contributed by atoms with van der Waals surface area (Å²) in [4.78, 5) is 4.80. The van der Waals surface area contributed by atoms with Gasteiger partial charge in [-0.25, -0.2) is 4.39 Å². The minimum absolute atomic E-state index is 0.0294. The molecule has 2 aromatic carbocycles. The number of aliphatic hydroxyl groups is 1. The summed E-state index contributed by atoms with van der Waals surface area (Å²) in [6.45, 7) is 3.74. The Morgan fingerprint density at radius 2 is 1.81 bits per heavy atom. The first-order chi connectivity index (χ1) is 15.5. The third-order valence-electron chi connectivity index (χ3n) is 7.66. The molecule has 1 atom stereocenters. The third-order valence-corrected chi connectivity index (χ3v) is 7.66.